The summed E-state index contributed by atoms with van der Waals surface area (Å²) in [5.74, 6) is 2.00. The van der Waals surface area contributed by atoms with Crippen molar-refractivity contribution < 1.29 is 0 Å². The summed E-state index contributed by atoms with van der Waals surface area (Å²) >= 11 is 0. The monoisotopic (exact) mass is 604 g/mol. The number of aromatic nitrogens is 3. The molecule has 0 N–H and O–H groups in total. The van der Waals surface area contributed by atoms with Crippen molar-refractivity contribution in [3.63, 3.8) is 0 Å². The van der Waals surface area contributed by atoms with Crippen LogP contribution < -0.4 is 4.90 Å². The second kappa shape index (κ2) is 10.6. The summed E-state index contributed by atoms with van der Waals surface area (Å²) in [5.41, 5.74) is 14.2. The Morgan fingerprint density at radius 2 is 0.979 bits per heavy atom. The minimum Gasteiger partial charge on any atom is -0.310 e. The van der Waals surface area contributed by atoms with Crippen LogP contribution in [-0.4, -0.2) is 15.0 Å². The fourth-order valence-electron chi connectivity index (χ4n) is 7.34. The normalized spacial score (nSPS) is 13.8. The van der Waals surface area contributed by atoms with Crippen LogP contribution in [0.15, 0.2) is 146 Å². The molecule has 1 aromatic heterocycles. The molecular weight excluding hydrogens is 573 g/mol. The van der Waals surface area contributed by atoms with Gasteiger partial charge in [-0.15, -0.1) is 0 Å². The Morgan fingerprint density at radius 1 is 0.468 bits per heavy atom. The van der Waals surface area contributed by atoms with Gasteiger partial charge in [-0.1, -0.05) is 117 Å². The van der Waals surface area contributed by atoms with Crippen LogP contribution in [0.1, 0.15) is 36.1 Å². The van der Waals surface area contributed by atoms with E-state index in [0.717, 1.165) is 28.8 Å². The van der Waals surface area contributed by atoms with E-state index in [1.54, 1.807) is 0 Å². The van der Waals surface area contributed by atoms with Gasteiger partial charge in [-0.2, -0.15) is 0 Å². The smallest absolute Gasteiger partial charge is 0.164 e. The van der Waals surface area contributed by atoms with Crippen LogP contribution in [0.2, 0.25) is 0 Å². The molecule has 2 aliphatic rings. The number of rotatable bonds is 4. The second-order valence-electron chi connectivity index (χ2n) is 12.9. The van der Waals surface area contributed by atoms with Gasteiger partial charge in [-0.05, 0) is 82.3 Å². The maximum atomic E-state index is 5.07. The van der Waals surface area contributed by atoms with Crippen molar-refractivity contribution in [3.05, 3.63) is 168 Å². The Morgan fingerprint density at radius 3 is 1.66 bits per heavy atom. The van der Waals surface area contributed by atoms with Gasteiger partial charge in [0, 0.05) is 27.8 Å². The first kappa shape index (κ1) is 27.4. The first-order valence-electron chi connectivity index (χ1n) is 16.2. The zero-order chi connectivity index (χ0) is 31.5. The molecule has 0 amide bonds. The fourth-order valence-corrected chi connectivity index (χ4v) is 7.34. The van der Waals surface area contributed by atoms with E-state index < -0.39 is 0 Å². The van der Waals surface area contributed by atoms with Crippen molar-refractivity contribution in [3.8, 4) is 45.3 Å². The standard InChI is InChI=1S/C43H32N4/c1-43(2)36-16-8-10-18-38(36)47(39-19-11-9-17-37(39)43)33-23-20-29(21-24-33)41-44-40(28-12-4-3-5-13-28)45-42(46-41)31-22-25-35-32(27-31)26-30-14-6-7-15-34(30)35/h3-25,27H,26H2,1-2H3. The molecule has 47 heavy (non-hydrogen) atoms. The topological polar surface area (TPSA) is 41.9 Å². The molecule has 224 valence electrons. The van der Waals surface area contributed by atoms with Gasteiger partial charge >= 0.3 is 0 Å². The van der Waals surface area contributed by atoms with Gasteiger partial charge < -0.3 is 4.90 Å². The van der Waals surface area contributed by atoms with E-state index in [-0.39, 0.29) is 5.41 Å². The minimum atomic E-state index is -0.0981. The maximum Gasteiger partial charge on any atom is 0.164 e. The molecule has 7 aromatic rings. The number of hydrogen-bond donors (Lipinski definition) is 0. The van der Waals surface area contributed by atoms with Crippen LogP contribution in [0.5, 0.6) is 0 Å². The predicted octanol–water partition coefficient (Wildman–Crippen LogP) is 10.6. The third-order valence-electron chi connectivity index (χ3n) is 9.74. The average molecular weight is 605 g/mol. The van der Waals surface area contributed by atoms with Gasteiger partial charge in [-0.3, -0.25) is 0 Å². The molecule has 0 radical (unpaired) electrons. The molecule has 0 bridgehead atoms. The Hall–Kier alpha value is -5.87. The third-order valence-corrected chi connectivity index (χ3v) is 9.74. The van der Waals surface area contributed by atoms with Crippen LogP contribution >= 0.6 is 0 Å². The van der Waals surface area contributed by atoms with Gasteiger partial charge in [0.05, 0.1) is 11.4 Å². The van der Waals surface area contributed by atoms with Crippen molar-refractivity contribution in [2.24, 2.45) is 0 Å². The molecule has 0 atom stereocenters. The largest absolute Gasteiger partial charge is 0.310 e. The fraction of sp³-hybridized carbons (Fsp3) is 0.0930. The number of para-hydroxylation sites is 2. The lowest BCUT2D eigenvalue weighted by atomic mass is 9.73. The predicted molar refractivity (Wildman–Crippen MR) is 191 cm³/mol. The van der Waals surface area contributed by atoms with Crippen LogP contribution in [0.4, 0.5) is 17.1 Å². The van der Waals surface area contributed by atoms with Crippen LogP contribution in [-0.2, 0) is 11.8 Å². The van der Waals surface area contributed by atoms with Crippen LogP contribution in [0.3, 0.4) is 0 Å². The molecule has 9 rings (SSSR count). The van der Waals surface area contributed by atoms with Crippen molar-refractivity contribution in [2.75, 3.05) is 4.90 Å². The van der Waals surface area contributed by atoms with Gasteiger partial charge in [-0.25, -0.2) is 15.0 Å². The summed E-state index contributed by atoms with van der Waals surface area (Å²) in [6, 6.07) is 51.5. The molecule has 0 saturated heterocycles. The van der Waals surface area contributed by atoms with Gasteiger partial charge in [0.15, 0.2) is 17.5 Å². The molecular formula is C43H32N4. The summed E-state index contributed by atoms with van der Waals surface area (Å²) in [6.45, 7) is 4.63. The van der Waals surface area contributed by atoms with E-state index in [0.29, 0.717) is 17.5 Å². The van der Waals surface area contributed by atoms with E-state index in [1.165, 1.54) is 44.8 Å². The zero-order valence-corrected chi connectivity index (χ0v) is 26.4. The molecule has 2 heterocycles. The number of fused-ring (bicyclic) bond motifs is 5. The Balaban J connectivity index is 1.14. The zero-order valence-electron chi connectivity index (χ0n) is 26.4. The highest BCUT2D eigenvalue weighted by atomic mass is 15.2. The molecule has 0 fully saturated rings. The number of anilines is 3. The molecule has 0 saturated carbocycles. The maximum absolute atomic E-state index is 5.07. The van der Waals surface area contributed by atoms with Crippen molar-refractivity contribution in [1.82, 2.24) is 15.0 Å². The molecule has 6 aromatic carbocycles. The molecule has 4 nitrogen and oxygen atoms in total. The van der Waals surface area contributed by atoms with Crippen LogP contribution in [0, 0.1) is 0 Å². The minimum absolute atomic E-state index is 0.0981. The summed E-state index contributed by atoms with van der Waals surface area (Å²) in [5, 5.41) is 0. The van der Waals surface area contributed by atoms with E-state index >= 15 is 0 Å². The Kier molecular flexibility index (Phi) is 6.19. The number of hydrogen-bond acceptors (Lipinski definition) is 4. The molecule has 0 unspecified atom stereocenters. The third kappa shape index (κ3) is 4.48. The lowest BCUT2D eigenvalue weighted by Crippen LogP contribution is -2.30. The first-order valence-corrected chi connectivity index (χ1v) is 16.2. The van der Waals surface area contributed by atoms with Crippen molar-refractivity contribution in [2.45, 2.75) is 25.7 Å². The Bertz CT molecular complexity index is 2260. The lowest BCUT2D eigenvalue weighted by molar-refractivity contribution is 0.632. The van der Waals surface area contributed by atoms with E-state index in [4.69, 9.17) is 15.0 Å². The Labute approximate surface area is 275 Å². The highest BCUT2D eigenvalue weighted by Gasteiger charge is 2.36. The molecule has 1 aliphatic heterocycles. The SMILES string of the molecule is CC1(C)c2ccccc2N(c2ccc(-c3nc(-c4ccccc4)nc(-c4ccc5c(c4)Cc4ccccc4-5)n3)cc2)c2ccccc21. The summed E-state index contributed by atoms with van der Waals surface area (Å²) in [4.78, 5) is 17.4. The van der Waals surface area contributed by atoms with Gasteiger partial charge in [0.1, 0.15) is 0 Å². The quantitative estimate of drug-likeness (QED) is 0.200. The summed E-state index contributed by atoms with van der Waals surface area (Å²) in [6.07, 6.45) is 0.921. The number of nitrogens with zero attached hydrogens (tertiary/aromatic N) is 4. The second-order valence-corrected chi connectivity index (χ2v) is 12.9. The lowest BCUT2D eigenvalue weighted by Gasteiger charge is -2.42. The van der Waals surface area contributed by atoms with Gasteiger partial charge in [0.25, 0.3) is 0 Å². The molecule has 4 heteroatoms. The average Bonchev–Trinajstić information content (AvgIpc) is 3.50. The number of benzene rings is 6. The summed E-state index contributed by atoms with van der Waals surface area (Å²) < 4.78 is 0. The van der Waals surface area contributed by atoms with Crippen LogP contribution in [0.25, 0.3) is 45.3 Å². The molecule has 0 spiro atoms. The van der Waals surface area contributed by atoms with E-state index in [2.05, 4.69) is 146 Å². The van der Waals surface area contributed by atoms with E-state index in [9.17, 15) is 0 Å². The highest BCUT2D eigenvalue weighted by Crippen LogP contribution is 2.51. The molecule has 1 aliphatic carbocycles. The van der Waals surface area contributed by atoms with E-state index in [1.807, 2.05) is 18.2 Å². The summed E-state index contributed by atoms with van der Waals surface area (Å²) in [7, 11) is 0. The van der Waals surface area contributed by atoms with Crippen molar-refractivity contribution >= 4 is 17.1 Å². The van der Waals surface area contributed by atoms with Crippen molar-refractivity contribution in [1.29, 1.82) is 0 Å². The van der Waals surface area contributed by atoms with Gasteiger partial charge in [0.2, 0.25) is 0 Å². The highest BCUT2D eigenvalue weighted by molar-refractivity contribution is 5.86. The first-order chi connectivity index (χ1) is 23.0.